The third-order valence-corrected chi connectivity index (χ3v) is 3.11. The van der Waals surface area contributed by atoms with Gasteiger partial charge in [0.05, 0.1) is 7.11 Å². The molecule has 2 N–H and O–H groups in total. The van der Waals surface area contributed by atoms with Crippen molar-refractivity contribution in [3.63, 3.8) is 0 Å². The largest absolute Gasteiger partial charge is 0.496 e. The van der Waals surface area contributed by atoms with E-state index in [4.69, 9.17) is 14.9 Å². The first-order chi connectivity index (χ1) is 9.69. The maximum atomic E-state index is 12.3. The number of hydrogen-bond donors (Lipinski definition) is 1. The van der Waals surface area contributed by atoms with Crippen LogP contribution in [0, 0.1) is 0 Å². The Morgan fingerprint density at radius 1 is 1.10 bits per heavy atom. The Kier molecular flexibility index (Phi) is 2.91. The van der Waals surface area contributed by atoms with Gasteiger partial charge >= 0.3 is 0 Å². The zero-order valence-corrected chi connectivity index (χ0v) is 10.9. The number of nitrogens with two attached hydrogens (primary N) is 1. The van der Waals surface area contributed by atoms with Crippen molar-refractivity contribution in [1.29, 1.82) is 0 Å². The highest BCUT2D eigenvalue weighted by Crippen LogP contribution is 2.27. The molecule has 0 spiro atoms. The number of hydrogen-bond acceptors (Lipinski definition) is 4. The number of methoxy groups -OCH3 is 1. The van der Waals surface area contributed by atoms with Gasteiger partial charge in [-0.15, -0.1) is 0 Å². The predicted molar refractivity (Wildman–Crippen MR) is 78.9 cm³/mol. The van der Waals surface area contributed by atoms with Crippen molar-refractivity contribution in [2.75, 3.05) is 12.8 Å². The molecule has 0 amide bonds. The zero-order chi connectivity index (χ0) is 14.1. The Balaban J connectivity index is 2.28. The first-order valence-electron chi connectivity index (χ1n) is 6.16. The molecular weight excluding hydrogens is 254 g/mol. The van der Waals surface area contributed by atoms with E-state index in [-0.39, 0.29) is 5.43 Å². The summed E-state index contributed by atoms with van der Waals surface area (Å²) in [5.74, 6) is 0.999. The van der Waals surface area contributed by atoms with Crippen LogP contribution in [0.2, 0.25) is 0 Å². The summed E-state index contributed by atoms with van der Waals surface area (Å²) in [5.41, 5.74) is 7.50. The van der Waals surface area contributed by atoms with E-state index in [1.54, 1.807) is 30.3 Å². The van der Waals surface area contributed by atoms with Gasteiger partial charge in [-0.05, 0) is 24.3 Å². The molecule has 0 aliphatic heterocycles. The van der Waals surface area contributed by atoms with Crippen LogP contribution in [0.5, 0.6) is 5.75 Å². The SMILES string of the molecule is COc1cccc2oc(-c3cccc(N)c3)cc(=O)c12. The average Bonchev–Trinajstić information content (AvgIpc) is 2.46. The normalized spacial score (nSPS) is 10.7. The highest BCUT2D eigenvalue weighted by atomic mass is 16.5. The summed E-state index contributed by atoms with van der Waals surface area (Å²) in [6, 6.07) is 13.9. The topological polar surface area (TPSA) is 65.5 Å². The quantitative estimate of drug-likeness (QED) is 0.725. The fourth-order valence-electron chi connectivity index (χ4n) is 2.18. The predicted octanol–water partition coefficient (Wildman–Crippen LogP) is 3.05. The molecule has 4 nitrogen and oxygen atoms in total. The number of benzene rings is 2. The van der Waals surface area contributed by atoms with Crippen molar-refractivity contribution in [3.8, 4) is 17.1 Å². The molecule has 100 valence electrons. The maximum Gasteiger partial charge on any atom is 0.197 e. The lowest BCUT2D eigenvalue weighted by Crippen LogP contribution is -2.02. The monoisotopic (exact) mass is 267 g/mol. The minimum absolute atomic E-state index is 0.138. The van der Waals surface area contributed by atoms with E-state index < -0.39 is 0 Å². The minimum Gasteiger partial charge on any atom is -0.496 e. The first-order valence-corrected chi connectivity index (χ1v) is 6.16. The van der Waals surface area contributed by atoms with Crippen LogP contribution in [0.4, 0.5) is 5.69 Å². The molecule has 0 saturated heterocycles. The second kappa shape index (κ2) is 4.74. The molecule has 2 aromatic carbocycles. The molecule has 0 aliphatic rings. The van der Waals surface area contributed by atoms with Crippen LogP contribution < -0.4 is 15.9 Å². The molecule has 1 aromatic heterocycles. The Morgan fingerprint density at radius 3 is 2.65 bits per heavy atom. The van der Waals surface area contributed by atoms with Gasteiger partial charge in [-0.1, -0.05) is 18.2 Å². The van der Waals surface area contributed by atoms with Crippen molar-refractivity contribution in [1.82, 2.24) is 0 Å². The van der Waals surface area contributed by atoms with Gasteiger partial charge in [-0.2, -0.15) is 0 Å². The van der Waals surface area contributed by atoms with Crippen LogP contribution in [-0.2, 0) is 0 Å². The smallest absolute Gasteiger partial charge is 0.197 e. The van der Waals surface area contributed by atoms with Crippen LogP contribution in [0.3, 0.4) is 0 Å². The fraction of sp³-hybridized carbons (Fsp3) is 0.0625. The molecular formula is C16H13NO3. The second-order valence-corrected chi connectivity index (χ2v) is 4.43. The molecule has 0 atom stereocenters. The third-order valence-electron chi connectivity index (χ3n) is 3.11. The van der Waals surface area contributed by atoms with Gasteiger partial charge in [0, 0.05) is 17.3 Å². The molecule has 4 heteroatoms. The van der Waals surface area contributed by atoms with Gasteiger partial charge in [0.15, 0.2) is 5.43 Å². The van der Waals surface area contributed by atoms with E-state index >= 15 is 0 Å². The van der Waals surface area contributed by atoms with Gasteiger partial charge < -0.3 is 14.9 Å². The summed E-state index contributed by atoms with van der Waals surface area (Å²) in [4.78, 5) is 12.3. The molecule has 3 rings (SSSR count). The van der Waals surface area contributed by atoms with E-state index in [0.29, 0.717) is 28.2 Å². The Hall–Kier alpha value is -2.75. The van der Waals surface area contributed by atoms with Crippen molar-refractivity contribution in [2.24, 2.45) is 0 Å². The lowest BCUT2D eigenvalue weighted by molar-refractivity contribution is 0.419. The van der Waals surface area contributed by atoms with E-state index in [9.17, 15) is 4.79 Å². The summed E-state index contributed by atoms with van der Waals surface area (Å²) in [6.07, 6.45) is 0. The number of fused-ring (bicyclic) bond motifs is 1. The highest BCUT2D eigenvalue weighted by molar-refractivity contribution is 5.84. The summed E-state index contributed by atoms with van der Waals surface area (Å²) in [7, 11) is 1.53. The molecule has 3 aromatic rings. The van der Waals surface area contributed by atoms with Crippen LogP contribution in [-0.4, -0.2) is 7.11 Å². The number of nitrogen functional groups attached to an aromatic ring is 1. The van der Waals surface area contributed by atoms with Crippen molar-refractivity contribution in [3.05, 3.63) is 58.8 Å². The van der Waals surface area contributed by atoms with E-state index in [2.05, 4.69) is 0 Å². The van der Waals surface area contributed by atoms with Gasteiger partial charge in [-0.25, -0.2) is 0 Å². The van der Waals surface area contributed by atoms with Crippen LogP contribution in [0.1, 0.15) is 0 Å². The molecule has 0 fully saturated rings. The summed E-state index contributed by atoms with van der Waals surface area (Å²) >= 11 is 0. The number of ether oxygens (including phenoxy) is 1. The summed E-state index contributed by atoms with van der Waals surface area (Å²) in [6.45, 7) is 0. The molecule has 0 radical (unpaired) electrons. The van der Waals surface area contributed by atoms with Gasteiger partial charge in [-0.3, -0.25) is 4.79 Å². The lowest BCUT2D eigenvalue weighted by Gasteiger charge is -2.06. The first kappa shape index (κ1) is 12.3. The summed E-state index contributed by atoms with van der Waals surface area (Å²) < 4.78 is 11.0. The van der Waals surface area contributed by atoms with Gasteiger partial charge in [0.25, 0.3) is 0 Å². The average molecular weight is 267 g/mol. The Bertz CT molecular complexity index is 836. The van der Waals surface area contributed by atoms with Crippen LogP contribution in [0.25, 0.3) is 22.3 Å². The van der Waals surface area contributed by atoms with E-state index in [1.807, 2.05) is 12.1 Å². The molecule has 0 unspecified atom stereocenters. The molecule has 20 heavy (non-hydrogen) atoms. The Morgan fingerprint density at radius 2 is 1.90 bits per heavy atom. The van der Waals surface area contributed by atoms with Gasteiger partial charge in [0.2, 0.25) is 0 Å². The van der Waals surface area contributed by atoms with Crippen molar-refractivity contribution in [2.45, 2.75) is 0 Å². The van der Waals surface area contributed by atoms with Crippen molar-refractivity contribution >= 4 is 16.7 Å². The maximum absolute atomic E-state index is 12.3. The molecule has 0 aliphatic carbocycles. The standard InChI is InChI=1S/C16H13NO3/c1-19-13-6-3-7-14-16(13)12(18)9-15(20-14)10-4-2-5-11(17)8-10/h2-9H,17H2,1H3. The summed E-state index contributed by atoms with van der Waals surface area (Å²) in [5, 5.41) is 0.447. The number of anilines is 1. The zero-order valence-electron chi connectivity index (χ0n) is 10.9. The van der Waals surface area contributed by atoms with Crippen molar-refractivity contribution < 1.29 is 9.15 Å². The lowest BCUT2D eigenvalue weighted by atomic mass is 10.1. The second-order valence-electron chi connectivity index (χ2n) is 4.43. The molecule has 0 saturated carbocycles. The molecule has 0 bridgehead atoms. The fourth-order valence-corrected chi connectivity index (χ4v) is 2.18. The minimum atomic E-state index is -0.138. The van der Waals surface area contributed by atoms with Crippen LogP contribution in [0.15, 0.2) is 57.7 Å². The third kappa shape index (κ3) is 2.01. The van der Waals surface area contributed by atoms with Gasteiger partial charge in [0.1, 0.15) is 22.5 Å². The van der Waals surface area contributed by atoms with E-state index in [0.717, 1.165) is 5.56 Å². The van der Waals surface area contributed by atoms with E-state index in [1.165, 1.54) is 13.2 Å². The molecule has 1 heterocycles. The Labute approximate surface area is 115 Å². The number of rotatable bonds is 2. The highest BCUT2D eigenvalue weighted by Gasteiger charge is 2.10. The van der Waals surface area contributed by atoms with Crippen LogP contribution >= 0.6 is 0 Å².